The van der Waals surface area contributed by atoms with Crippen LogP contribution in [0.1, 0.15) is 28.1 Å². The van der Waals surface area contributed by atoms with E-state index in [-0.39, 0.29) is 5.88 Å². The molecular formula is C19H17Cl2N3O. The summed E-state index contributed by atoms with van der Waals surface area (Å²) in [6.07, 6.45) is 0. The highest BCUT2D eigenvalue weighted by Gasteiger charge is 2.22. The number of alkyl halides is 1. The molecule has 1 aliphatic rings. The molecule has 0 saturated heterocycles. The van der Waals surface area contributed by atoms with Crippen LogP contribution in [0.2, 0.25) is 5.02 Å². The molecule has 0 saturated carbocycles. The Balaban J connectivity index is 1.56. The minimum Gasteiger partial charge on any atom is -0.338 e. The van der Waals surface area contributed by atoms with Gasteiger partial charge in [-0.15, -0.1) is 11.6 Å². The van der Waals surface area contributed by atoms with E-state index in [1.54, 1.807) is 0 Å². The molecule has 4 nitrogen and oxygen atoms in total. The molecule has 0 unspecified atom stereocenters. The molecule has 6 heteroatoms. The number of nitrogens with zero attached hydrogens (tertiary/aromatic N) is 3. The van der Waals surface area contributed by atoms with Crippen LogP contribution in [0, 0.1) is 6.92 Å². The average Bonchev–Trinajstić information content (AvgIpc) is 3.23. The Bertz CT molecular complexity index is 906. The van der Waals surface area contributed by atoms with Crippen molar-refractivity contribution < 1.29 is 4.52 Å². The lowest BCUT2D eigenvalue weighted by molar-refractivity contribution is 0.275. The fraction of sp³-hybridized carbons (Fsp3) is 0.263. The number of aromatic nitrogens is 2. The molecule has 2 heterocycles. The number of hydrogen-bond donors (Lipinski definition) is 0. The normalized spacial score (nSPS) is 14.0. The maximum Gasteiger partial charge on any atom is 0.241 e. The first kappa shape index (κ1) is 16.6. The summed E-state index contributed by atoms with van der Waals surface area (Å²) in [5.74, 6) is 1.27. The first-order valence-corrected chi connectivity index (χ1v) is 9.02. The van der Waals surface area contributed by atoms with Crippen LogP contribution in [0.5, 0.6) is 0 Å². The van der Waals surface area contributed by atoms with Crippen molar-refractivity contribution in [2.75, 3.05) is 0 Å². The second-order valence-corrected chi connectivity index (χ2v) is 7.05. The lowest BCUT2D eigenvalue weighted by Gasteiger charge is -2.14. The maximum atomic E-state index is 5.97. The van der Waals surface area contributed by atoms with Gasteiger partial charge in [-0.1, -0.05) is 28.9 Å². The van der Waals surface area contributed by atoms with E-state index in [0.29, 0.717) is 11.7 Å². The van der Waals surface area contributed by atoms with E-state index in [1.165, 1.54) is 22.3 Å². The standard InChI is InChI=1S/C19H17Cl2N3O/c1-12-6-14(19-22-18(8-20)25-23-19)7-15-10-24(11-17(12)15)9-13-2-4-16(21)5-3-13/h2-7H,8-11H2,1H3. The van der Waals surface area contributed by atoms with E-state index in [0.717, 1.165) is 30.2 Å². The Morgan fingerprint density at radius 1 is 1.16 bits per heavy atom. The van der Waals surface area contributed by atoms with Gasteiger partial charge in [0.2, 0.25) is 11.7 Å². The molecule has 25 heavy (non-hydrogen) atoms. The van der Waals surface area contributed by atoms with Gasteiger partial charge in [-0.2, -0.15) is 4.98 Å². The van der Waals surface area contributed by atoms with Crippen molar-refractivity contribution >= 4 is 23.2 Å². The molecule has 4 rings (SSSR count). The van der Waals surface area contributed by atoms with Crippen LogP contribution < -0.4 is 0 Å². The molecular weight excluding hydrogens is 357 g/mol. The van der Waals surface area contributed by atoms with Crippen LogP contribution in [-0.4, -0.2) is 15.0 Å². The predicted octanol–water partition coefficient (Wildman–Crippen LogP) is 4.95. The van der Waals surface area contributed by atoms with Crippen molar-refractivity contribution in [3.63, 3.8) is 0 Å². The fourth-order valence-corrected chi connectivity index (χ4v) is 3.53. The third-order valence-electron chi connectivity index (χ3n) is 4.50. The molecule has 0 spiro atoms. The van der Waals surface area contributed by atoms with Crippen LogP contribution in [0.4, 0.5) is 0 Å². The van der Waals surface area contributed by atoms with Gasteiger partial charge in [0, 0.05) is 30.2 Å². The van der Waals surface area contributed by atoms with E-state index in [9.17, 15) is 0 Å². The highest BCUT2D eigenvalue weighted by molar-refractivity contribution is 6.30. The lowest BCUT2D eigenvalue weighted by Crippen LogP contribution is -2.15. The smallest absolute Gasteiger partial charge is 0.241 e. The molecule has 2 aromatic carbocycles. The van der Waals surface area contributed by atoms with Crippen molar-refractivity contribution in [3.05, 3.63) is 69.6 Å². The Morgan fingerprint density at radius 2 is 1.96 bits per heavy atom. The van der Waals surface area contributed by atoms with E-state index in [2.05, 4.69) is 46.2 Å². The van der Waals surface area contributed by atoms with E-state index >= 15 is 0 Å². The summed E-state index contributed by atoms with van der Waals surface area (Å²) < 4.78 is 5.12. The molecule has 128 valence electrons. The van der Waals surface area contributed by atoms with Crippen LogP contribution in [0.15, 0.2) is 40.9 Å². The molecule has 0 fully saturated rings. The topological polar surface area (TPSA) is 42.2 Å². The lowest BCUT2D eigenvalue weighted by atomic mass is 10.0. The minimum absolute atomic E-state index is 0.228. The number of hydrogen-bond acceptors (Lipinski definition) is 4. The summed E-state index contributed by atoms with van der Waals surface area (Å²) >= 11 is 11.7. The highest BCUT2D eigenvalue weighted by atomic mass is 35.5. The zero-order valence-corrected chi connectivity index (χ0v) is 15.3. The van der Waals surface area contributed by atoms with Crippen molar-refractivity contribution in [2.45, 2.75) is 32.4 Å². The monoisotopic (exact) mass is 373 g/mol. The Hall–Kier alpha value is -1.88. The molecule has 3 aromatic rings. The molecule has 0 amide bonds. The third-order valence-corrected chi connectivity index (χ3v) is 4.98. The zero-order chi connectivity index (χ0) is 17.4. The van der Waals surface area contributed by atoms with Gasteiger partial charge in [0.25, 0.3) is 0 Å². The largest absolute Gasteiger partial charge is 0.338 e. The molecule has 0 N–H and O–H groups in total. The van der Waals surface area contributed by atoms with Crippen molar-refractivity contribution in [1.82, 2.24) is 15.0 Å². The van der Waals surface area contributed by atoms with Crippen molar-refractivity contribution in [1.29, 1.82) is 0 Å². The van der Waals surface area contributed by atoms with Gasteiger partial charge >= 0.3 is 0 Å². The number of benzene rings is 2. The van der Waals surface area contributed by atoms with Gasteiger partial charge < -0.3 is 4.52 Å². The molecule has 1 aliphatic heterocycles. The molecule has 0 radical (unpaired) electrons. The van der Waals surface area contributed by atoms with Crippen molar-refractivity contribution in [2.24, 2.45) is 0 Å². The summed E-state index contributed by atoms with van der Waals surface area (Å²) in [5, 5.41) is 4.79. The van der Waals surface area contributed by atoms with Gasteiger partial charge in [-0.3, -0.25) is 4.90 Å². The third kappa shape index (κ3) is 3.43. The second kappa shape index (κ2) is 6.79. The summed E-state index contributed by atoms with van der Waals surface area (Å²) in [6, 6.07) is 12.3. The summed E-state index contributed by atoms with van der Waals surface area (Å²) in [7, 11) is 0. The second-order valence-electron chi connectivity index (χ2n) is 6.35. The molecule has 0 atom stereocenters. The Labute approximate surface area is 156 Å². The summed E-state index contributed by atoms with van der Waals surface area (Å²) in [4.78, 5) is 6.75. The van der Waals surface area contributed by atoms with Gasteiger partial charge in [0.05, 0.1) is 0 Å². The van der Waals surface area contributed by atoms with Crippen LogP contribution >= 0.6 is 23.2 Å². The quantitative estimate of drug-likeness (QED) is 0.606. The number of fused-ring (bicyclic) bond motifs is 1. The van der Waals surface area contributed by atoms with Crippen LogP contribution in [0.3, 0.4) is 0 Å². The SMILES string of the molecule is Cc1cc(-c2noc(CCl)n2)cc2c1CN(Cc1ccc(Cl)cc1)C2. The van der Waals surface area contributed by atoms with Crippen LogP contribution in [-0.2, 0) is 25.5 Å². The fourth-order valence-electron chi connectivity index (χ4n) is 3.29. The first-order chi connectivity index (χ1) is 12.1. The van der Waals surface area contributed by atoms with E-state index in [4.69, 9.17) is 27.7 Å². The number of rotatable bonds is 4. The van der Waals surface area contributed by atoms with Crippen LogP contribution in [0.25, 0.3) is 11.4 Å². The molecule has 0 aliphatic carbocycles. The summed E-state index contributed by atoms with van der Waals surface area (Å²) in [5.41, 5.74) is 6.20. The van der Waals surface area contributed by atoms with Gasteiger partial charge in [0.15, 0.2) is 0 Å². The maximum absolute atomic E-state index is 5.97. The number of aryl methyl sites for hydroxylation is 1. The summed E-state index contributed by atoms with van der Waals surface area (Å²) in [6.45, 7) is 4.89. The predicted molar refractivity (Wildman–Crippen MR) is 98.4 cm³/mol. The number of halogens is 2. The zero-order valence-electron chi connectivity index (χ0n) is 13.8. The van der Waals surface area contributed by atoms with Crippen molar-refractivity contribution in [3.8, 4) is 11.4 Å². The Morgan fingerprint density at radius 3 is 2.68 bits per heavy atom. The average molecular weight is 374 g/mol. The van der Waals surface area contributed by atoms with Gasteiger partial charge in [0.1, 0.15) is 5.88 Å². The minimum atomic E-state index is 0.228. The molecule has 1 aromatic heterocycles. The van der Waals surface area contributed by atoms with Gasteiger partial charge in [-0.05, 0) is 53.4 Å². The van der Waals surface area contributed by atoms with Gasteiger partial charge in [-0.25, -0.2) is 0 Å². The van der Waals surface area contributed by atoms with E-state index in [1.807, 2.05) is 12.1 Å². The molecule has 0 bridgehead atoms. The Kier molecular flexibility index (Phi) is 4.50. The first-order valence-electron chi connectivity index (χ1n) is 8.10. The van der Waals surface area contributed by atoms with E-state index < -0.39 is 0 Å². The highest BCUT2D eigenvalue weighted by Crippen LogP contribution is 2.31.